The van der Waals surface area contributed by atoms with Gasteiger partial charge in [-0.1, -0.05) is 18.2 Å². The van der Waals surface area contributed by atoms with E-state index in [1.165, 1.54) is 6.07 Å². The van der Waals surface area contributed by atoms with Crippen molar-refractivity contribution < 1.29 is 18.3 Å². The smallest absolute Gasteiger partial charge is 0.387 e. The third-order valence-electron chi connectivity index (χ3n) is 4.45. The number of alkyl halides is 2. The molecule has 1 aromatic heterocycles. The molecule has 0 fully saturated rings. The zero-order valence-electron chi connectivity index (χ0n) is 15.0. The maximum Gasteiger partial charge on any atom is 0.387 e. The van der Waals surface area contributed by atoms with Crippen LogP contribution in [-0.4, -0.2) is 24.4 Å². The van der Waals surface area contributed by atoms with Crippen molar-refractivity contribution in [1.82, 2.24) is 4.98 Å². The molecule has 4 nitrogen and oxygen atoms in total. The van der Waals surface area contributed by atoms with Crippen LogP contribution in [0.2, 0.25) is 0 Å². The minimum atomic E-state index is -2.86. The molecule has 28 heavy (non-hydrogen) atoms. The van der Waals surface area contributed by atoms with Gasteiger partial charge in [0.1, 0.15) is 18.1 Å². The number of halogens is 2. The highest BCUT2D eigenvalue weighted by molar-refractivity contribution is 5.82. The van der Waals surface area contributed by atoms with E-state index in [0.717, 1.165) is 35.5 Å². The number of hydrogen-bond donors (Lipinski definition) is 0. The third-order valence-corrected chi connectivity index (χ3v) is 4.45. The molecular weight excluding hydrogens is 362 g/mol. The van der Waals surface area contributed by atoms with Gasteiger partial charge in [-0.05, 0) is 42.5 Å². The number of aliphatic imine (C=N–C) groups is 1. The highest BCUT2D eigenvalue weighted by Gasteiger charge is 2.11. The van der Waals surface area contributed by atoms with Crippen molar-refractivity contribution in [3.8, 4) is 22.8 Å². The molecular formula is C22H18F2N2O2. The molecule has 0 unspecified atom stereocenters. The molecule has 0 saturated carbocycles. The monoisotopic (exact) mass is 380 g/mol. The Kier molecular flexibility index (Phi) is 5.28. The first-order valence-electron chi connectivity index (χ1n) is 8.95. The maximum atomic E-state index is 12.5. The summed E-state index contributed by atoms with van der Waals surface area (Å²) in [5, 5.41) is 0. The average molecular weight is 380 g/mol. The predicted octanol–water partition coefficient (Wildman–Crippen LogP) is 4.90. The first-order valence-corrected chi connectivity index (χ1v) is 8.95. The second kappa shape index (κ2) is 8.17. The largest absolute Gasteiger partial charge is 0.489 e. The van der Waals surface area contributed by atoms with Crippen molar-refractivity contribution >= 4 is 6.21 Å². The number of fused-ring (bicyclic) bond motifs is 1. The summed E-state index contributed by atoms with van der Waals surface area (Å²) in [5.41, 5.74) is 4.57. The van der Waals surface area contributed by atoms with Gasteiger partial charge in [0.2, 0.25) is 0 Å². The molecule has 0 radical (unpaired) electrons. The normalized spacial score (nSPS) is 12.7. The summed E-state index contributed by atoms with van der Waals surface area (Å²) in [5.74, 6) is 0.761. The fourth-order valence-corrected chi connectivity index (χ4v) is 3.04. The van der Waals surface area contributed by atoms with Gasteiger partial charge in [-0.15, -0.1) is 0 Å². The van der Waals surface area contributed by atoms with Crippen molar-refractivity contribution in [2.75, 3.05) is 6.54 Å². The first-order chi connectivity index (χ1) is 13.7. The molecule has 6 heteroatoms. The standard InChI is InChI=1S/C22H18F2N2O2/c23-22(24)28-21-4-2-1-3-17(21)14-27-18-8-5-15(6-9-18)19-10-7-16-13-25-12-11-20(16)26-19/h1-10,13,22H,11-12,14H2. The molecule has 2 heterocycles. The maximum absolute atomic E-state index is 12.5. The highest BCUT2D eigenvalue weighted by atomic mass is 19.3. The Labute approximate surface area is 161 Å². The predicted molar refractivity (Wildman–Crippen MR) is 103 cm³/mol. The number of pyridine rings is 1. The molecule has 0 spiro atoms. The van der Waals surface area contributed by atoms with Crippen LogP contribution < -0.4 is 9.47 Å². The van der Waals surface area contributed by atoms with Crippen molar-refractivity contribution in [3.05, 3.63) is 77.5 Å². The summed E-state index contributed by atoms with van der Waals surface area (Å²) in [6, 6.07) is 18.2. The van der Waals surface area contributed by atoms with Crippen molar-refractivity contribution in [2.24, 2.45) is 4.99 Å². The topological polar surface area (TPSA) is 43.7 Å². The first kappa shape index (κ1) is 18.1. The Bertz CT molecular complexity index is 988. The summed E-state index contributed by atoms with van der Waals surface area (Å²) in [4.78, 5) is 8.99. The molecule has 0 atom stereocenters. The van der Waals surface area contributed by atoms with E-state index in [1.807, 2.05) is 42.6 Å². The molecule has 4 rings (SSSR count). The molecule has 0 amide bonds. The highest BCUT2D eigenvalue weighted by Crippen LogP contribution is 2.25. The lowest BCUT2D eigenvalue weighted by atomic mass is 10.1. The van der Waals surface area contributed by atoms with Gasteiger partial charge in [-0.2, -0.15) is 8.78 Å². The van der Waals surface area contributed by atoms with E-state index >= 15 is 0 Å². The number of rotatable bonds is 6. The van der Waals surface area contributed by atoms with Crippen LogP contribution in [0.1, 0.15) is 16.8 Å². The van der Waals surface area contributed by atoms with Crippen LogP contribution in [0.25, 0.3) is 11.3 Å². The van der Waals surface area contributed by atoms with Gasteiger partial charge in [0.25, 0.3) is 0 Å². The minimum absolute atomic E-state index is 0.121. The zero-order valence-corrected chi connectivity index (χ0v) is 15.0. The Balaban J connectivity index is 1.45. The zero-order chi connectivity index (χ0) is 19.3. The van der Waals surface area contributed by atoms with Gasteiger partial charge in [0.05, 0.1) is 11.4 Å². The van der Waals surface area contributed by atoms with Crippen LogP contribution in [0.5, 0.6) is 11.5 Å². The quantitative estimate of drug-likeness (QED) is 0.611. The van der Waals surface area contributed by atoms with Gasteiger partial charge >= 0.3 is 6.61 Å². The number of para-hydroxylation sites is 1. The van der Waals surface area contributed by atoms with Crippen LogP contribution in [-0.2, 0) is 13.0 Å². The van der Waals surface area contributed by atoms with Gasteiger partial charge in [0.15, 0.2) is 0 Å². The second-order valence-corrected chi connectivity index (χ2v) is 6.32. The van der Waals surface area contributed by atoms with E-state index in [-0.39, 0.29) is 12.4 Å². The molecule has 1 aliphatic rings. The Morgan fingerprint density at radius 1 is 0.964 bits per heavy atom. The van der Waals surface area contributed by atoms with Crippen LogP contribution in [0.3, 0.4) is 0 Å². The lowest BCUT2D eigenvalue weighted by molar-refractivity contribution is -0.0508. The number of nitrogens with zero attached hydrogens (tertiary/aromatic N) is 2. The summed E-state index contributed by atoms with van der Waals surface area (Å²) in [6.45, 7) is -1.96. The molecule has 142 valence electrons. The number of hydrogen-bond acceptors (Lipinski definition) is 4. The van der Waals surface area contributed by atoms with E-state index in [4.69, 9.17) is 9.72 Å². The SMILES string of the molecule is FC(F)Oc1ccccc1COc1ccc(-c2ccc3c(n2)CCN=C3)cc1. The molecule has 3 aromatic rings. The molecule has 0 N–H and O–H groups in total. The van der Waals surface area contributed by atoms with Crippen LogP contribution in [0, 0.1) is 0 Å². The van der Waals surface area contributed by atoms with E-state index in [0.29, 0.717) is 11.3 Å². The van der Waals surface area contributed by atoms with E-state index in [2.05, 4.69) is 9.73 Å². The Morgan fingerprint density at radius 2 is 1.79 bits per heavy atom. The van der Waals surface area contributed by atoms with Gasteiger partial charge in [-0.25, -0.2) is 0 Å². The van der Waals surface area contributed by atoms with Crippen molar-refractivity contribution in [3.63, 3.8) is 0 Å². The van der Waals surface area contributed by atoms with Crippen molar-refractivity contribution in [1.29, 1.82) is 0 Å². The molecule has 2 aromatic carbocycles. The Hall–Kier alpha value is -3.28. The average Bonchev–Trinajstić information content (AvgIpc) is 2.73. The van der Waals surface area contributed by atoms with Gasteiger partial charge < -0.3 is 9.47 Å². The van der Waals surface area contributed by atoms with Gasteiger partial charge in [-0.3, -0.25) is 9.98 Å². The number of benzene rings is 2. The summed E-state index contributed by atoms with van der Waals surface area (Å²) < 4.78 is 35.3. The number of aromatic nitrogens is 1. The van der Waals surface area contributed by atoms with Gasteiger partial charge in [0, 0.05) is 35.9 Å². The van der Waals surface area contributed by atoms with E-state index in [9.17, 15) is 8.78 Å². The molecule has 0 saturated heterocycles. The van der Waals surface area contributed by atoms with Crippen molar-refractivity contribution in [2.45, 2.75) is 19.6 Å². The lowest BCUT2D eigenvalue weighted by Crippen LogP contribution is -2.06. The fraction of sp³-hybridized carbons (Fsp3) is 0.182. The summed E-state index contributed by atoms with van der Waals surface area (Å²) in [7, 11) is 0. The Morgan fingerprint density at radius 3 is 2.61 bits per heavy atom. The second-order valence-electron chi connectivity index (χ2n) is 6.32. The van der Waals surface area contributed by atoms with E-state index in [1.54, 1.807) is 18.2 Å². The third kappa shape index (κ3) is 4.17. The van der Waals surface area contributed by atoms with Crippen LogP contribution in [0.15, 0.2) is 65.7 Å². The fourth-order valence-electron chi connectivity index (χ4n) is 3.04. The summed E-state index contributed by atoms with van der Waals surface area (Å²) in [6.07, 6.45) is 2.71. The van der Waals surface area contributed by atoms with Crippen LogP contribution in [0.4, 0.5) is 8.78 Å². The lowest BCUT2D eigenvalue weighted by Gasteiger charge is -2.13. The summed E-state index contributed by atoms with van der Waals surface area (Å²) >= 11 is 0. The number of ether oxygens (including phenoxy) is 2. The molecule has 1 aliphatic heterocycles. The molecule has 0 bridgehead atoms. The van der Waals surface area contributed by atoms with E-state index < -0.39 is 6.61 Å². The minimum Gasteiger partial charge on any atom is -0.489 e. The van der Waals surface area contributed by atoms with Crippen LogP contribution >= 0.6 is 0 Å². The molecule has 0 aliphatic carbocycles.